The zero-order valence-corrected chi connectivity index (χ0v) is 7.91. The maximum Gasteiger partial charge on any atom is 0.417 e. The van der Waals surface area contributed by atoms with Crippen LogP contribution in [0.3, 0.4) is 0 Å². The van der Waals surface area contributed by atoms with Crippen molar-refractivity contribution >= 4 is 5.71 Å². The third kappa shape index (κ3) is 1.58. The molecule has 0 amide bonds. The first kappa shape index (κ1) is 10.7. The van der Waals surface area contributed by atoms with Crippen LogP contribution in [0.5, 0.6) is 5.88 Å². The van der Waals surface area contributed by atoms with Crippen molar-refractivity contribution in [1.29, 1.82) is 0 Å². The normalized spacial score (nSPS) is 17.8. The van der Waals surface area contributed by atoms with Crippen LogP contribution in [0.4, 0.5) is 13.2 Å². The molecule has 0 radical (unpaired) electrons. The second kappa shape index (κ2) is 3.36. The Morgan fingerprint density at radius 1 is 1.31 bits per heavy atom. The third-order valence-corrected chi connectivity index (χ3v) is 2.39. The maximum absolute atomic E-state index is 12.7. The molecule has 16 heavy (non-hydrogen) atoms. The van der Waals surface area contributed by atoms with Gasteiger partial charge in [-0.2, -0.15) is 13.2 Å². The molecule has 1 aliphatic carbocycles. The number of pyridine rings is 1. The van der Waals surface area contributed by atoms with E-state index in [4.69, 9.17) is 10.3 Å². The Hall–Kier alpha value is -1.79. The number of alkyl halides is 3. The molecule has 1 aliphatic rings. The molecule has 0 saturated carbocycles. The van der Waals surface area contributed by atoms with Gasteiger partial charge in [0.1, 0.15) is 0 Å². The minimum absolute atomic E-state index is 0.0465. The van der Waals surface area contributed by atoms with Crippen LogP contribution in [0.25, 0.3) is 0 Å². The maximum atomic E-state index is 12.7. The number of aryl methyl sites for hydroxylation is 1. The van der Waals surface area contributed by atoms with Crippen molar-refractivity contribution in [2.24, 2.45) is 5.16 Å². The number of fused-ring (bicyclic) bond motifs is 1. The van der Waals surface area contributed by atoms with Crippen molar-refractivity contribution in [2.45, 2.75) is 19.0 Å². The molecule has 0 bridgehead atoms. The molecule has 0 aliphatic heterocycles. The van der Waals surface area contributed by atoms with Crippen molar-refractivity contribution in [1.82, 2.24) is 4.98 Å². The molecule has 1 aromatic heterocycles. The molecule has 0 saturated heterocycles. The first-order valence-corrected chi connectivity index (χ1v) is 4.45. The predicted octanol–water partition coefficient (Wildman–Crippen LogP) is 1.93. The van der Waals surface area contributed by atoms with Crippen LogP contribution >= 0.6 is 0 Å². The lowest BCUT2D eigenvalue weighted by molar-refractivity contribution is -0.137. The summed E-state index contributed by atoms with van der Waals surface area (Å²) in [6.07, 6.45) is -4.19. The zero-order valence-electron chi connectivity index (χ0n) is 7.91. The van der Waals surface area contributed by atoms with Crippen molar-refractivity contribution < 1.29 is 23.5 Å². The highest BCUT2D eigenvalue weighted by Gasteiger charge is 2.39. The van der Waals surface area contributed by atoms with Crippen LogP contribution in [0.15, 0.2) is 11.2 Å². The van der Waals surface area contributed by atoms with Crippen LogP contribution in [0, 0.1) is 0 Å². The number of hydrogen-bond donors (Lipinski definition) is 2. The van der Waals surface area contributed by atoms with E-state index in [1.165, 1.54) is 0 Å². The lowest BCUT2D eigenvalue weighted by Crippen LogP contribution is -2.12. The summed E-state index contributed by atoms with van der Waals surface area (Å²) in [5, 5.41) is 20.5. The molecule has 0 spiro atoms. The van der Waals surface area contributed by atoms with Crippen LogP contribution in [0.1, 0.15) is 23.2 Å². The molecule has 0 atom stereocenters. The van der Waals surface area contributed by atoms with E-state index in [-0.39, 0.29) is 29.8 Å². The fraction of sp³-hybridized carbons (Fsp3) is 0.333. The van der Waals surface area contributed by atoms with E-state index in [1.807, 2.05) is 0 Å². The van der Waals surface area contributed by atoms with E-state index in [0.717, 1.165) is 0 Å². The lowest BCUT2D eigenvalue weighted by atomic mass is 10.1. The summed E-state index contributed by atoms with van der Waals surface area (Å²) in [6.45, 7) is 0. The Morgan fingerprint density at radius 3 is 2.56 bits per heavy atom. The number of hydrogen-bond acceptors (Lipinski definition) is 4. The fourth-order valence-corrected chi connectivity index (χ4v) is 1.77. The second-order valence-corrected chi connectivity index (χ2v) is 3.39. The van der Waals surface area contributed by atoms with E-state index in [1.54, 1.807) is 0 Å². The minimum atomic E-state index is -4.61. The Balaban J connectivity index is 2.70. The average molecular weight is 232 g/mol. The molecule has 0 unspecified atom stereocenters. The molecular weight excluding hydrogens is 225 g/mol. The van der Waals surface area contributed by atoms with E-state index < -0.39 is 17.6 Å². The molecule has 7 heteroatoms. The molecule has 86 valence electrons. The molecule has 2 rings (SSSR count). The van der Waals surface area contributed by atoms with Gasteiger partial charge in [-0.3, -0.25) is 0 Å². The molecule has 1 heterocycles. The standard InChI is InChI=1S/C9H7F3N2O2/c10-9(11,12)4-3-7(15)13-5-1-2-6(14-16)8(4)5/h3,16H,1-2H2,(H,13,15)/b14-6+. The van der Waals surface area contributed by atoms with Gasteiger partial charge in [0, 0.05) is 11.6 Å². The van der Waals surface area contributed by atoms with Crippen LogP contribution in [0.2, 0.25) is 0 Å². The van der Waals surface area contributed by atoms with Crippen molar-refractivity contribution in [3.63, 3.8) is 0 Å². The molecule has 0 fully saturated rings. The van der Waals surface area contributed by atoms with Gasteiger partial charge < -0.3 is 10.3 Å². The number of oxime groups is 1. The molecular formula is C9H7F3N2O2. The Labute approximate surface area is 88.0 Å². The summed E-state index contributed by atoms with van der Waals surface area (Å²) < 4.78 is 38.0. The number of nitrogens with zero attached hydrogens (tertiary/aromatic N) is 2. The number of halogens is 3. The highest BCUT2D eigenvalue weighted by Crippen LogP contribution is 2.38. The summed E-state index contributed by atoms with van der Waals surface area (Å²) in [5.74, 6) is -0.676. The predicted molar refractivity (Wildman–Crippen MR) is 47.5 cm³/mol. The van der Waals surface area contributed by atoms with E-state index in [9.17, 15) is 13.2 Å². The van der Waals surface area contributed by atoms with E-state index in [0.29, 0.717) is 6.07 Å². The highest BCUT2D eigenvalue weighted by molar-refractivity contribution is 6.05. The van der Waals surface area contributed by atoms with E-state index >= 15 is 0 Å². The number of rotatable bonds is 0. The summed E-state index contributed by atoms with van der Waals surface area (Å²) in [4.78, 5) is 3.59. The Morgan fingerprint density at radius 2 is 2.00 bits per heavy atom. The summed E-state index contributed by atoms with van der Waals surface area (Å²) in [5.41, 5.74) is -1.16. The lowest BCUT2D eigenvalue weighted by Gasteiger charge is -2.11. The monoisotopic (exact) mass is 232 g/mol. The van der Waals surface area contributed by atoms with Gasteiger partial charge in [0.05, 0.1) is 17.0 Å². The van der Waals surface area contributed by atoms with Gasteiger partial charge in [-0.1, -0.05) is 5.16 Å². The van der Waals surface area contributed by atoms with Crippen LogP contribution < -0.4 is 0 Å². The number of aromatic hydroxyl groups is 1. The Bertz CT molecular complexity index is 469. The summed E-state index contributed by atoms with van der Waals surface area (Å²) in [6, 6.07) is 0.537. The van der Waals surface area contributed by atoms with Gasteiger partial charge in [0.15, 0.2) is 0 Å². The van der Waals surface area contributed by atoms with Gasteiger partial charge in [0.2, 0.25) is 5.88 Å². The first-order valence-electron chi connectivity index (χ1n) is 4.45. The smallest absolute Gasteiger partial charge is 0.417 e. The van der Waals surface area contributed by atoms with E-state index in [2.05, 4.69) is 10.1 Å². The Kier molecular flexibility index (Phi) is 2.25. The van der Waals surface area contributed by atoms with Crippen molar-refractivity contribution in [2.75, 3.05) is 0 Å². The van der Waals surface area contributed by atoms with Crippen molar-refractivity contribution in [3.8, 4) is 5.88 Å². The average Bonchev–Trinajstić information content (AvgIpc) is 2.57. The zero-order chi connectivity index (χ0) is 11.9. The summed E-state index contributed by atoms with van der Waals surface area (Å²) >= 11 is 0. The van der Waals surface area contributed by atoms with Gasteiger partial charge in [-0.15, -0.1) is 0 Å². The first-order chi connectivity index (χ1) is 7.43. The van der Waals surface area contributed by atoms with Gasteiger partial charge in [0.25, 0.3) is 0 Å². The topological polar surface area (TPSA) is 65.7 Å². The van der Waals surface area contributed by atoms with Gasteiger partial charge in [-0.25, -0.2) is 4.98 Å². The third-order valence-electron chi connectivity index (χ3n) is 2.39. The molecule has 0 aromatic carbocycles. The fourth-order valence-electron chi connectivity index (χ4n) is 1.77. The molecule has 1 aromatic rings. The number of aromatic nitrogens is 1. The molecule has 2 N–H and O–H groups in total. The summed E-state index contributed by atoms with van der Waals surface area (Å²) in [7, 11) is 0. The second-order valence-electron chi connectivity index (χ2n) is 3.39. The quantitative estimate of drug-likeness (QED) is 0.530. The SMILES string of the molecule is O/N=C1\CCc2nc(O)cc(C(F)(F)F)c21. The van der Waals surface area contributed by atoms with Crippen LogP contribution in [-0.2, 0) is 12.6 Å². The minimum Gasteiger partial charge on any atom is -0.493 e. The highest BCUT2D eigenvalue weighted by atomic mass is 19.4. The largest absolute Gasteiger partial charge is 0.493 e. The van der Waals surface area contributed by atoms with Crippen molar-refractivity contribution in [3.05, 3.63) is 22.9 Å². The molecule has 4 nitrogen and oxygen atoms in total. The van der Waals surface area contributed by atoms with Gasteiger partial charge >= 0.3 is 6.18 Å². The van der Waals surface area contributed by atoms with Gasteiger partial charge in [-0.05, 0) is 12.8 Å². The van der Waals surface area contributed by atoms with Crippen LogP contribution in [-0.4, -0.2) is 21.0 Å².